The standard InChI is InChI=1S/C20H42O4S/c1-3-5-15-19(21)16-13-11-9-7-8-10-12-14-18-20(17-6-4-2)25(22,23)24/h19-21H,3-18H2,1-2H3,(H,22,23,24). The highest BCUT2D eigenvalue weighted by molar-refractivity contribution is 7.86. The van der Waals surface area contributed by atoms with Crippen LogP contribution in [0.1, 0.15) is 117 Å². The second-order valence-corrected chi connectivity index (χ2v) is 9.18. The maximum Gasteiger partial charge on any atom is 0.267 e. The van der Waals surface area contributed by atoms with E-state index in [1.165, 1.54) is 25.7 Å². The Kier molecular flexibility index (Phi) is 16.0. The van der Waals surface area contributed by atoms with E-state index in [1.54, 1.807) is 0 Å². The average Bonchev–Trinajstić information content (AvgIpc) is 2.56. The monoisotopic (exact) mass is 378 g/mol. The second kappa shape index (κ2) is 16.1. The smallest absolute Gasteiger partial charge is 0.267 e. The molecular formula is C20H42O4S. The van der Waals surface area contributed by atoms with Crippen LogP contribution in [0.2, 0.25) is 0 Å². The molecule has 0 aliphatic rings. The normalized spacial score (nSPS) is 14.6. The van der Waals surface area contributed by atoms with Crippen LogP contribution in [0.5, 0.6) is 0 Å². The van der Waals surface area contributed by atoms with Gasteiger partial charge >= 0.3 is 0 Å². The number of aliphatic hydroxyl groups is 1. The topological polar surface area (TPSA) is 74.6 Å². The number of rotatable bonds is 18. The molecule has 2 atom stereocenters. The fourth-order valence-electron chi connectivity index (χ4n) is 3.27. The molecule has 0 heterocycles. The summed E-state index contributed by atoms with van der Waals surface area (Å²) in [7, 11) is -3.88. The van der Waals surface area contributed by atoms with Crippen molar-refractivity contribution in [1.82, 2.24) is 0 Å². The van der Waals surface area contributed by atoms with E-state index in [-0.39, 0.29) is 6.10 Å². The predicted molar refractivity (Wildman–Crippen MR) is 107 cm³/mol. The van der Waals surface area contributed by atoms with Gasteiger partial charge in [-0.25, -0.2) is 0 Å². The van der Waals surface area contributed by atoms with Gasteiger partial charge in [-0.1, -0.05) is 90.9 Å². The molecule has 0 fully saturated rings. The van der Waals surface area contributed by atoms with Gasteiger partial charge in [0.2, 0.25) is 0 Å². The number of hydrogen-bond donors (Lipinski definition) is 2. The summed E-state index contributed by atoms with van der Waals surface area (Å²) in [6, 6.07) is 0. The Bertz CT molecular complexity index is 381. The summed E-state index contributed by atoms with van der Waals surface area (Å²) < 4.78 is 32.0. The van der Waals surface area contributed by atoms with Gasteiger partial charge in [0.15, 0.2) is 0 Å². The molecule has 2 unspecified atom stereocenters. The van der Waals surface area contributed by atoms with E-state index in [1.807, 2.05) is 6.92 Å². The Morgan fingerprint density at radius 2 is 1.00 bits per heavy atom. The maximum atomic E-state index is 11.3. The molecular weight excluding hydrogens is 336 g/mol. The third kappa shape index (κ3) is 15.8. The molecule has 0 aromatic carbocycles. The molecule has 0 spiro atoms. The van der Waals surface area contributed by atoms with Crippen LogP contribution in [0.25, 0.3) is 0 Å². The van der Waals surface area contributed by atoms with Crippen LogP contribution in [-0.4, -0.2) is 29.4 Å². The largest absolute Gasteiger partial charge is 0.393 e. The van der Waals surface area contributed by atoms with Crippen molar-refractivity contribution in [2.45, 2.75) is 128 Å². The number of unbranched alkanes of at least 4 members (excludes halogenated alkanes) is 9. The molecule has 152 valence electrons. The molecule has 0 saturated heterocycles. The van der Waals surface area contributed by atoms with Crippen LogP contribution in [-0.2, 0) is 10.1 Å². The quantitative estimate of drug-likeness (QED) is 0.230. The molecule has 5 heteroatoms. The fraction of sp³-hybridized carbons (Fsp3) is 1.00. The van der Waals surface area contributed by atoms with Crippen molar-refractivity contribution in [3.8, 4) is 0 Å². The minimum atomic E-state index is -3.88. The number of aliphatic hydroxyl groups excluding tert-OH is 1. The van der Waals surface area contributed by atoms with Gasteiger partial charge in [0.1, 0.15) is 0 Å². The fourth-order valence-corrected chi connectivity index (χ4v) is 4.20. The molecule has 0 rings (SSSR count). The predicted octanol–water partition coefficient (Wildman–Crippen LogP) is 5.89. The first-order chi connectivity index (χ1) is 11.9. The van der Waals surface area contributed by atoms with Gasteiger partial charge in [-0.3, -0.25) is 4.55 Å². The lowest BCUT2D eigenvalue weighted by Crippen LogP contribution is -2.20. The Morgan fingerprint density at radius 3 is 1.48 bits per heavy atom. The molecule has 0 aliphatic heterocycles. The highest BCUT2D eigenvalue weighted by Gasteiger charge is 2.21. The SMILES string of the molecule is CCCCC(O)CCCCCCCCCCC(CCCC)S(=O)(=O)O. The molecule has 2 N–H and O–H groups in total. The molecule has 0 bridgehead atoms. The molecule has 0 amide bonds. The van der Waals surface area contributed by atoms with E-state index in [0.717, 1.165) is 64.2 Å². The van der Waals surface area contributed by atoms with Gasteiger partial charge in [0.05, 0.1) is 11.4 Å². The Hall–Kier alpha value is -0.130. The van der Waals surface area contributed by atoms with Gasteiger partial charge < -0.3 is 5.11 Å². The van der Waals surface area contributed by atoms with Crippen LogP contribution in [0.4, 0.5) is 0 Å². The third-order valence-electron chi connectivity index (χ3n) is 5.01. The van der Waals surface area contributed by atoms with Crippen molar-refractivity contribution >= 4 is 10.1 Å². The van der Waals surface area contributed by atoms with Crippen molar-refractivity contribution in [3.05, 3.63) is 0 Å². The molecule has 0 saturated carbocycles. The highest BCUT2D eigenvalue weighted by atomic mass is 32.2. The third-order valence-corrected chi connectivity index (χ3v) is 6.32. The van der Waals surface area contributed by atoms with E-state index in [4.69, 9.17) is 0 Å². The molecule has 4 nitrogen and oxygen atoms in total. The minimum absolute atomic E-state index is 0.108. The summed E-state index contributed by atoms with van der Waals surface area (Å²) >= 11 is 0. The van der Waals surface area contributed by atoms with E-state index in [2.05, 4.69) is 6.92 Å². The number of hydrogen-bond acceptors (Lipinski definition) is 3. The van der Waals surface area contributed by atoms with Crippen molar-refractivity contribution < 1.29 is 18.1 Å². The lowest BCUT2D eigenvalue weighted by atomic mass is 10.0. The van der Waals surface area contributed by atoms with Crippen LogP contribution >= 0.6 is 0 Å². The van der Waals surface area contributed by atoms with Crippen molar-refractivity contribution in [3.63, 3.8) is 0 Å². The van der Waals surface area contributed by atoms with E-state index < -0.39 is 15.4 Å². The second-order valence-electron chi connectivity index (χ2n) is 7.48. The Labute approximate surface area is 156 Å². The van der Waals surface area contributed by atoms with Crippen LogP contribution in [0, 0.1) is 0 Å². The van der Waals surface area contributed by atoms with Crippen LogP contribution < -0.4 is 0 Å². The summed E-state index contributed by atoms with van der Waals surface area (Å²) in [5, 5.41) is 9.21. The van der Waals surface area contributed by atoms with Gasteiger partial charge in [-0.2, -0.15) is 8.42 Å². The Balaban J connectivity index is 3.51. The van der Waals surface area contributed by atoms with E-state index in [0.29, 0.717) is 12.8 Å². The van der Waals surface area contributed by atoms with Gasteiger partial charge in [0.25, 0.3) is 10.1 Å². The average molecular weight is 379 g/mol. The summed E-state index contributed by atoms with van der Waals surface area (Å²) in [4.78, 5) is 0. The zero-order valence-corrected chi connectivity index (χ0v) is 17.4. The molecule has 0 aromatic heterocycles. The zero-order valence-electron chi connectivity index (χ0n) is 16.6. The van der Waals surface area contributed by atoms with Gasteiger partial charge in [-0.15, -0.1) is 0 Å². The molecule has 0 aliphatic carbocycles. The summed E-state index contributed by atoms with van der Waals surface area (Å²) in [5.74, 6) is 0. The van der Waals surface area contributed by atoms with Crippen LogP contribution in [0.15, 0.2) is 0 Å². The Morgan fingerprint density at radius 1 is 0.640 bits per heavy atom. The molecule has 0 aromatic rings. The van der Waals surface area contributed by atoms with Crippen molar-refractivity contribution in [2.75, 3.05) is 0 Å². The van der Waals surface area contributed by atoms with Gasteiger partial charge in [0, 0.05) is 0 Å². The first-order valence-electron chi connectivity index (χ1n) is 10.6. The summed E-state index contributed by atoms with van der Waals surface area (Å²) in [6.45, 7) is 4.19. The van der Waals surface area contributed by atoms with Crippen molar-refractivity contribution in [2.24, 2.45) is 0 Å². The lowest BCUT2D eigenvalue weighted by Gasteiger charge is -2.13. The molecule has 0 radical (unpaired) electrons. The molecule has 25 heavy (non-hydrogen) atoms. The highest BCUT2D eigenvalue weighted by Crippen LogP contribution is 2.18. The lowest BCUT2D eigenvalue weighted by molar-refractivity contribution is 0.148. The van der Waals surface area contributed by atoms with Gasteiger partial charge in [-0.05, 0) is 25.7 Å². The van der Waals surface area contributed by atoms with Crippen LogP contribution in [0.3, 0.4) is 0 Å². The zero-order chi connectivity index (χ0) is 19.0. The van der Waals surface area contributed by atoms with E-state index in [9.17, 15) is 18.1 Å². The maximum absolute atomic E-state index is 11.3. The minimum Gasteiger partial charge on any atom is -0.393 e. The summed E-state index contributed by atoms with van der Waals surface area (Å²) in [6.07, 6.45) is 16.1. The first kappa shape index (κ1) is 24.9. The van der Waals surface area contributed by atoms with E-state index >= 15 is 0 Å². The van der Waals surface area contributed by atoms with Crippen molar-refractivity contribution in [1.29, 1.82) is 0 Å². The first-order valence-corrected chi connectivity index (χ1v) is 12.1. The summed E-state index contributed by atoms with van der Waals surface area (Å²) in [5.41, 5.74) is 0.